The molecule has 1 aliphatic heterocycles. The van der Waals surface area contributed by atoms with Crippen molar-refractivity contribution in [3.05, 3.63) is 29.6 Å². The molecule has 1 aromatic rings. The Morgan fingerprint density at radius 3 is 2.69 bits per heavy atom. The standard InChI is InChI=1S/C13H18FNO/c1-10(16)8-11-4-5-12(14)9-13(11)15-6-2-3-7-15/h4-5,9-10,16H,2-3,6-8H2,1H3. The highest BCUT2D eigenvalue weighted by Crippen LogP contribution is 2.26. The lowest BCUT2D eigenvalue weighted by Crippen LogP contribution is -2.20. The third-order valence-electron chi connectivity index (χ3n) is 3.01. The van der Waals surface area contributed by atoms with Crippen molar-refractivity contribution in [3.8, 4) is 0 Å². The van der Waals surface area contributed by atoms with E-state index in [0.29, 0.717) is 6.42 Å². The molecule has 16 heavy (non-hydrogen) atoms. The van der Waals surface area contributed by atoms with Gasteiger partial charge in [-0.05, 0) is 37.5 Å². The van der Waals surface area contributed by atoms with Crippen LogP contribution in [-0.2, 0) is 6.42 Å². The van der Waals surface area contributed by atoms with E-state index < -0.39 is 0 Å². The summed E-state index contributed by atoms with van der Waals surface area (Å²) < 4.78 is 13.2. The lowest BCUT2D eigenvalue weighted by molar-refractivity contribution is 0.195. The van der Waals surface area contributed by atoms with Crippen LogP contribution < -0.4 is 4.90 Å². The molecule has 0 aromatic heterocycles. The molecule has 1 atom stereocenters. The summed E-state index contributed by atoms with van der Waals surface area (Å²) in [4.78, 5) is 2.21. The van der Waals surface area contributed by atoms with Gasteiger partial charge in [0.1, 0.15) is 5.82 Å². The fourth-order valence-electron chi connectivity index (χ4n) is 2.28. The second kappa shape index (κ2) is 4.83. The van der Waals surface area contributed by atoms with E-state index in [1.807, 2.05) is 0 Å². The summed E-state index contributed by atoms with van der Waals surface area (Å²) in [5, 5.41) is 9.43. The monoisotopic (exact) mass is 223 g/mol. The number of anilines is 1. The van der Waals surface area contributed by atoms with E-state index in [1.165, 1.54) is 18.9 Å². The highest BCUT2D eigenvalue weighted by Gasteiger charge is 2.17. The number of hydrogen-bond donors (Lipinski definition) is 1. The van der Waals surface area contributed by atoms with Crippen LogP contribution in [0.1, 0.15) is 25.3 Å². The summed E-state index contributed by atoms with van der Waals surface area (Å²) in [6.45, 7) is 3.75. The number of aliphatic hydroxyl groups excluding tert-OH is 1. The first-order chi connectivity index (χ1) is 7.66. The maximum Gasteiger partial charge on any atom is 0.125 e. The van der Waals surface area contributed by atoms with Gasteiger partial charge in [-0.2, -0.15) is 0 Å². The molecular formula is C13H18FNO. The topological polar surface area (TPSA) is 23.5 Å². The zero-order valence-electron chi connectivity index (χ0n) is 9.62. The fourth-order valence-corrected chi connectivity index (χ4v) is 2.28. The van der Waals surface area contributed by atoms with Crippen molar-refractivity contribution in [2.75, 3.05) is 18.0 Å². The molecule has 0 radical (unpaired) electrons. The van der Waals surface area contributed by atoms with Crippen molar-refractivity contribution in [2.24, 2.45) is 0 Å². The molecule has 0 saturated carbocycles. The quantitative estimate of drug-likeness (QED) is 0.850. The Balaban J connectivity index is 2.28. The molecule has 0 bridgehead atoms. The number of aliphatic hydroxyl groups is 1. The van der Waals surface area contributed by atoms with Gasteiger partial charge in [0.15, 0.2) is 0 Å². The summed E-state index contributed by atoms with van der Waals surface area (Å²) in [6.07, 6.45) is 2.55. The number of benzene rings is 1. The van der Waals surface area contributed by atoms with Gasteiger partial charge in [-0.15, -0.1) is 0 Å². The molecule has 1 N–H and O–H groups in total. The summed E-state index contributed by atoms with van der Waals surface area (Å²) in [7, 11) is 0. The molecule has 3 heteroatoms. The summed E-state index contributed by atoms with van der Waals surface area (Å²) in [5.41, 5.74) is 2.00. The van der Waals surface area contributed by atoms with Gasteiger partial charge in [0.2, 0.25) is 0 Å². The van der Waals surface area contributed by atoms with E-state index in [4.69, 9.17) is 0 Å². The van der Waals surface area contributed by atoms with Crippen LogP contribution in [0, 0.1) is 5.82 Å². The first kappa shape index (κ1) is 11.4. The van der Waals surface area contributed by atoms with Gasteiger partial charge in [0, 0.05) is 25.2 Å². The predicted octanol–water partition coefficient (Wildman–Crippen LogP) is 2.35. The lowest BCUT2D eigenvalue weighted by Gasteiger charge is -2.22. The van der Waals surface area contributed by atoms with E-state index in [9.17, 15) is 9.50 Å². The van der Waals surface area contributed by atoms with Gasteiger partial charge in [-0.3, -0.25) is 0 Å². The Bertz CT molecular complexity index is 359. The fraction of sp³-hybridized carbons (Fsp3) is 0.538. The SMILES string of the molecule is CC(O)Cc1ccc(F)cc1N1CCCC1. The first-order valence-corrected chi connectivity index (χ1v) is 5.88. The maximum atomic E-state index is 13.2. The minimum atomic E-state index is -0.383. The molecule has 88 valence electrons. The third-order valence-corrected chi connectivity index (χ3v) is 3.01. The smallest absolute Gasteiger partial charge is 0.125 e. The van der Waals surface area contributed by atoms with Crippen molar-refractivity contribution in [1.29, 1.82) is 0 Å². The maximum absolute atomic E-state index is 13.2. The number of halogens is 1. The Morgan fingerprint density at radius 1 is 1.38 bits per heavy atom. The second-order valence-corrected chi connectivity index (χ2v) is 4.52. The first-order valence-electron chi connectivity index (χ1n) is 5.88. The minimum Gasteiger partial charge on any atom is -0.393 e. The summed E-state index contributed by atoms with van der Waals surface area (Å²) in [5.74, 6) is -0.198. The molecule has 2 nitrogen and oxygen atoms in total. The van der Waals surface area contributed by atoms with E-state index in [-0.39, 0.29) is 11.9 Å². The second-order valence-electron chi connectivity index (χ2n) is 4.52. The van der Waals surface area contributed by atoms with E-state index in [1.54, 1.807) is 19.1 Å². The molecule has 1 saturated heterocycles. The molecular weight excluding hydrogens is 205 g/mol. The molecule has 0 amide bonds. The van der Waals surface area contributed by atoms with Crippen molar-refractivity contribution >= 4 is 5.69 Å². The lowest BCUT2D eigenvalue weighted by atomic mass is 10.1. The van der Waals surface area contributed by atoms with Crippen LogP contribution in [0.2, 0.25) is 0 Å². The third kappa shape index (κ3) is 2.53. The molecule has 1 aromatic carbocycles. The molecule has 0 aliphatic carbocycles. The van der Waals surface area contributed by atoms with Crippen LogP contribution in [0.5, 0.6) is 0 Å². The molecule has 1 heterocycles. The summed E-state index contributed by atoms with van der Waals surface area (Å²) >= 11 is 0. The molecule has 1 fully saturated rings. The average Bonchev–Trinajstić information content (AvgIpc) is 2.73. The average molecular weight is 223 g/mol. The van der Waals surface area contributed by atoms with Gasteiger partial charge in [0.05, 0.1) is 6.10 Å². The summed E-state index contributed by atoms with van der Waals surface area (Å²) in [6, 6.07) is 4.84. The van der Waals surface area contributed by atoms with Gasteiger partial charge in [0.25, 0.3) is 0 Å². The number of rotatable bonds is 3. The minimum absolute atomic E-state index is 0.198. The molecule has 2 rings (SSSR count). The van der Waals surface area contributed by atoms with Crippen molar-refractivity contribution in [1.82, 2.24) is 0 Å². The van der Waals surface area contributed by atoms with E-state index in [0.717, 1.165) is 24.3 Å². The van der Waals surface area contributed by atoms with Gasteiger partial charge >= 0.3 is 0 Å². The zero-order chi connectivity index (χ0) is 11.5. The number of nitrogens with zero attached hydrogens (tertiary/aromatic N) is 1. The van der Waals surface area contributed by atoms with Crippen molar-refractivity contribution in [2.45, 2.75) is 32.3 Å². The van der Waals surface area contributed by atoms with Crippen LogP contribution in [0.3, 0.4) is 0 Å². The van der Waals surface area contributed by atoms with E-state index in [2.05, 4.69) is 4.90 Å². The van der Waals surface area contributed by atoms with Gasteiger partial charge in [-0.25, -0.2) is 4.39 Å². The van der Waals surface area contributed by atoms with Gasteiger partial charge in [-0.1, -0.05) is 6.07 Å². The van der Waals surface area contributed by atoms with E-state index >= 15 is 0 Å². The van der Waals surface area contributed by atoms with Crippen LogP contribution >= 0.6 is 0 Å². The van der Waals surface area contributed by atoms with Crippen LogP contribution in [0.25, 0.3) is 0 Å². The largest absolute Gasteiger partial charge is 0.393 e. The Kier molecular flexibility index (Phi) is 3.44. The molecule has 1 aliphatic rings. The Morgan fingerprint density at radius 2 is 2.06 bits per heavy atom. The van der Waals surface area contributed by atoms with Gasteiger partial charge < -0.3 is 10.0 Å². The van der Waals surface area contributed by atoms with Crippen LogP contribution in [-0.4, -0.2) is 24.3 Å². The van der Waals surface area contributed by atoms with Crippen molar-refractivity contribution in [3.63, 3.8) is 0 Å². The molecule has 1 unspecified atom stereocenters. The van der Waals surface area contributed by atoms with Crippen LogP contribution in [0.15, 0.2) is 18.2 Å². The van der Waals surface area contributed by atoms with Crippen molar-refractivity contribution < 1.29 is 9.50 Å². The molecule has 0 spiro atoms. The highest BCUT2D eigenvalue weighted by atomic mass is 19.1. The predicted molar refractivity (Wildman–Crippen MR) is 63.2 cm³/mol. The normalized spacial score (nSPS) is 17.8. The highest BCUT2D eigenvalue weighted by molar-refractivity contribution is 5.54. The Hall–Kier alpha value is -1.09. The van der Waals surface area contributed by atoms with Crippen LogP contribution in [0.4, 0.5) is 10.1 Å². The zero-order valence-corrected chi connectivity index (χ0v) is 9.62. The Labute approximate surface area is 95.7 Å². The number of hydrogen-bond acceptors (Lipinski definition) is 2.